The second-order valence-electron chi connectivity index (χ2n) is 8.86. The largest absolute Gasteiger partial charge is 0.268 e. The number of nitrogens with one attached hydrogen (secondary N) is 1. The van der Waals surface area contributed by atoms with E-state index in [4.69, 9.17) is 0 Å². The molecule has 1 fully saturated rings. The zero-order valence-corrected chi connectivity index (χ0v) is 19.3. The molecule has 0 spiro atoms. The second kappa shape index (κ2) is 11.1. The van der Waals surface area contributed by atoms with Crippen molar-refractivity contribution >= 4 is 10.0 Å². The minimum absolute atomic E-state index is 0.000417. The van der Waals surface area contributed by atoms with Crippen LogP contribution in [0.5, 0.6) is 0 Å². The van der Waals surface area contributed by atoms with Crippen molar-refractivity contribution in [3.63, 3.8) is 0 Å². The van der Waals surface area contributed by atoms with Crippen LogP contribution in [-0.4, -0.2) is 24.2 Å². The Balaban J connectivity index is 1.82. The van der Waals surface area contributed by atoms with Gasteiger partial charge in [0.1, 0.15) is 10.6 Å². The Morgan fingerprint density at radius 3 is 1.97 bits per heavy atom. The molecule has 30 heavy (non-hydrogen) atoms. The molecule has 5 nitrogen and oxygen atoms in total. The normalized spacial score (nSPS) is 18.1. The summed E-state index contributed by atoms with van der Waals surface area (Å²) in [6.45, 7) is 4.02. The van der Waals surface area contributed by atoms with Crippen molar-refractivity contribution in [2.45, 2.75) is 101 Å². The molecule has 0 aliphatic heterocycles. The zero-order chi connectivity index (χ0) is 21.4. The van der Waals surface area contributed by atoms with Crippen molar-refractivity contribution in [2.24, 2.45) is 0 Å². The highest BCUT2D eigenvalue weighted by Gasteiger charge is 2.27. The van der Waals surface area contributed by atoms with E-state index in [1.807, 2.05) is 44.2 Å². The van der Waals surface area contributed by atoms with Gasteiger partial charge in [-0.2, -0.15) is 5.10 Å². The highest BCUT2D eigenvalue weighted by molar-refractivity contribution is 7.89. The van der Waals surface area contributed by atoms with Crippen molar-refractivity contribution in [3.05, 3.63) is 36.5 Å². The van der Waals surface area contributed by atoms with Gasteiger partial charge in [-0.05, 0) is 26.7 Å². The number of hydrogen-bond donors (Lipinski definition) is 1. The Morgan fingerprint density at radius 2 is 1.43 bits per heavy atom. The third-order valence-corrected chi connectivity index (χ3v) is 7.51. The molecule has 1 aliphatic carbocycles. The number of nitrogens with zero attached hydrogens (tertiary/aromatic N) is 2. The highest BCUT2D eigenvalue weighted by Crippen LogP contribution is 2.28. The van der Waals surface area contributed by atoms with E-state index in [0.717, 1.165) is 31.2 Å². The molecule has 1 aromatic heterocycles. The van der Waals surface area contributed by atoms with E-state index < -0.39 is 10.0 Å². The standard InChI is InChI=1S/C24H37N3O2S/c1-20(2)27-19-23(24(25-27)21-15-11-10-12-16-21)30(28,29)26-22-17-13-8-6-4-3-5-7-9-14-18-22/h10-12,15-16,19-20,22,26H,3-9,13-14,17-18H2,1-2H3. The van der Waals surface area contributed by atoms with Crippen LogP contribution >= 0.6 is 0 Å². The van der Waals surface area contributed by atoms with Gasteiger partial charge >= 0.3 is 0 Å². The molecule has 0 radical (unpaired) electrons. The summed E-state index contributed by atoms with van der Waals surface area (Å²) in [5.74, 6) is 0. The van der Waals surface area contributed by atoms with Gasteiger partial charge in [0.2, 0.25) is 10.0 Å². The van der Waals surface area contributed by atoms with E-state index in [-0.39, 0.29) is 17.0 Å². The Bertz CT molecular complexity index is 863. The van der Waals surface area contributed by atoms with Gasteiger partial charge in [0.15, 0.2) is 0 Å². The Kier molecular flexibility index (Phi) is 8.51. The van der Waals surface area contributed by atoms with Crippen LogP contribution in [0.3, 0.4) is 0 Å². The SMILES string of the molecule is CC(C)n1cc(S(=O)(=O)NC2CCCCCCCCCCC2)c(-c2ccccc2)n1. The average Bonchev–Trinajstić information content (AvgIpc) is 3.18. The summed E-state index contributed by atoms with van der Waals surface area (Å²) in [4.78, 5) is 0.286. The lowest BCUT2D eigenvalue weighted by Crippen LogP contribution is -2.35. The van der Waals surface area contributed by atoms with Crippen LogP contribution in [-0.2, 0) is 10.0 Å². The number of sulfonamides is 1. The summed E-state index contributed by atoms with van der Waals surface area (Å²) in [5, 5.41) is 4.62. The molecule has 6 heteroatoms. The Hall–Kier alpha value is -1.66. The molecule has 1 N–H and O–H groups in total. The van der Waals surface area contributed by atoms with Gasteiger partial charge in [-0.25, -0.2) is 13.1 Å². The predicted octanol–water partition coefficient (Wildman–Crippen LogP) is 6.08. The Labute approximate surface area is 182 Å². The van der Waals surface area contributed by atoms with Crippen LogP contribution in [0.15, 0.2) is 41.4 Å². The van der Waals surface area contributed by atoms with E-state index in [0.29, 0.717) is 5.69 Å². The smallest absolute Gasteiger partial charge is 0.244 e. The van der Waals surface area contributed by atoms with E-state index >= 15 is 0 Å². The summed E-state index contributed by atoms with van der Waals surface area (Å²) >= 11 is 0. The molecular weight excluding hydrogens is 394 g/mol. The molecule has 0 saturated heterocycles. The van der Waals surface area contributed by atoms with Crippen molar-refractivity contribution in [1.82, 2.24) is 14.5 Å². The quantitative estimate of drug-likeness (QED) is 0.624. The van der Waals surface area contributed by atoms with Gasteiger partial charge in [0.05, 0.1) is 0 Å². The van der Waals surface area contributed by atoms with Crippen molar-refractivity contribution in [3.8, 4) is 11.3 Å². The van der Waals surface area contributed by atoms with Crippen molar-refractivity contribution in [2.75, 3.05) is 0 Å². The summed E-state index contributed by atoms with van der Waals surface area (Å²) in [5.41, 5.74) is 1.36. The molecule has 2 aromatic rings. The van der Waals surface area contributed by atoms with Crippen LogP contribution in [0.1, 0.15) is 90.5 Å². The molecule has 0 amide bonds. The molecule has 1 aromatic carbocycles. The van der Waals surface area contributed by atoms with Crippen LogP contribution in [0.2, 0.25) is 0 Å². The fourth-order valence-electron chi connectivity index (χ4n) is 4.20. The van der Waals surface area contributed by atoms with E-state index in [9.17, 15) is 8.42 Å². The summed E-state index contributed by atoms with van der Waals surface area (Å²) in [7, 11) is -3.65. The molecule has 1 heterocycles. The topological polar surface area (TPSA) is 64.0 Å². The van der Waals surface area contributed by atoms with Gasteiger partial charge < -0.3 is 0 Å². The van der Waals surface area contributed by atoms with Gasteiger partial charge in [-0.3, -0.25) is 4.68 Å². The first-order valence-electron chi connectivity index (χ1n) is 11.6. The number of hydrogen-bond acceptors (Lipinski definition) is 3. The van der Waals surface area contributed by atoms with Gasteiger partial charge in [-0.15, -0.1) is 0 Å². The second-order valence-corrected chi connectivity index (χ2v) is 10.5. The van der Waals surface area contributed by atoms with Crippen molar-refractivity contribution < 1.29 is 8.42 Å². The maximum Gasteiger partial charge on any atom is 0.244 e. The van der Waals surface area contributed by atoms with E-state index in [2.05, 4.69) is 9.82 Å². The monoisotopic (exact) mass is 431 g/mol. The maximum absolute atomic E-state index is 13.4. The maximum atomic E-state index is 13.4. The lowest BCUT2D eigenvalue weighted by molar-refractivity contribution is 0.440. The predicted molar refractivity (Wildman–Crippen MR) is 123 cm³/mol. The third-order valence-electron chi connectivity index (χ3n) is 5.99. The van der Waals surface area contributed by atoms with E-state index in [1.54, 1.807) is 10.9 Å². The first kappa shape index (κ1) is 23.0. The van der Waals surface area contributed by atoms with Crippen LogP contribution in [0.4, 0.5) is 0 Å². The van der Waals surface area contributed by atoms with E-state index in [1.165, 1.54) is 44.9 Å². The Morgan fingerprint density at radius 1 is 0.900 bits per heavy atom. The lowest BCUT2D eigenvalue weighted by atomic mass is 9.98. The third kappa shape index (κ3) is 6.42. The van der Waals surface area contributed by atoms with Gasteiger partial charge in [-0.1, -0.05) is 88.1 Å². The first-order chi connectivity index (χ1) is 14.5. The molecule has 1 aliphatic rings. The minimum Gasteiger partial charge on any atom is -0.268 e. The van der Waals surface area contributed by atoms with Gasteiger partial charge in [0, 0.05) is 23.8 Å². The molecule has 166 valence electrons. The summed E-state index contributed by atoms with van der Waals surface area (Å²) < 4.78 is 31.7. The first-order valence-corrected chi connectivity index (χ1v) is 13.1. The fourth-order valence-corrected chi connectivity index (χ4v) is 5.66. The fraction of sp³-hybridized carbons (Fsp3) is 0.625. The average molecular weight is 432 g/mol. The summed E-state index contributed by atoms with van der Waals surface area (Å²) in [6.07, 6.45) is 14.6. The molecule has 0 unspecified atom stereocenters. The molecule has 0 bridgehead atoms. The lowest BCUT2D eigenvalue weighted by Gasteiger charge is -2.19. The number of aromatic nitrogens is 2. The zero-order valence-electron chi connectivity index (χ0n) is 18.5. The molecular formula is C24H37N3O2S. The van der Waals surface area contributed by atoms with Gasteiger partial charge in [0.25, 0.3) is 0 Å². The van der Waals surface area contributed by atoms with Crippen molar-refractivity contribution in [1.29, 1.82) is 0 Å². The molecule has 0 atom stereocenters. The number of benzene rings is 1. The summed E-state index contributed by atoms with van der Waals surface area (Å²) in [6, 6.07) is 9.70. The number of rotatable bonds is 5. The van der Waals surface area contributed by atoms with Crippen LogP contribution in [0, 0.1) is 0 Å². The molecule has 1 saturated carbocycles. The van der Waals surface area contributed by atoms with Crippen LogP contribution < -0.4 is 4.72 Å². The molecule has 3 rings (SSSR count). The van der Waals surface area contributed by atoms with Crippen LogP contribution in [0.25, 0.3) is 11.3 Å². The minimum atomic E-state index is -3.65. The highest BCUT2D eigenvalue weighted by atomic mass is 32.2.